The Bertz CT molecular complexity index is 610. The Morgan fingerprint density at radius 3 is 2.67 bits per heavy atom. The first kappa shape index (κ1) is 13.0. The van der Waals surface area contributed by atoms with Gasteiger partial charge >= 0.3 is 0 Å². The van der Waals surface area contributed by atoms with Gasteiger partial charge in [-0.05, 0) is 18.2 Å². The summed E-state index contributed by atoms with van der Waals surface area (Å²) in [7, 11) is 0. The first-order chi connectivity index (χ1) is 8.47. The molecule has 0 unspecified atom stereocenters. The average molecular weight is 336 g/mol. The van der Waals surface area contributed by atoms with Crippen molar-refractivity contribution in [1.82, 2.24) is 4.98 Å². The molecule has 3 nitrogen and oxygen atoms in total. The van der Waals surface area contributed by atoms with Crippen molar-refractivity contribution in [2.24, 2.45) is 0 Å². The molecular weight excluding hydrogens is 329 g/mol. The summed E-state index contributed by atoms with van der Waals surface area (Å²) in [6.07, 6.45) is 0. The smallest absolute Gasteiger partial charge is 0.258 e. The van der Waals surface area contributed by atoms with Crippen LogP contribution < -0.4 is 10.5 Å². The molecule has 0 aliphatic carbocycles. The standard InChI is InChI=1S/C11H6BrClF2N2O/c12-5-1-2-6(13)9(3-5)18-11-8(15)4-7(14)10(16)17-11/h1-4H,(H2,16,17). The average Bonchev–Trinajstić information content (AvgIpc) is 2.30. The first-order valence-electron chi connectivity index (χ1n) is 4.72. The highest BCUT2D eigenvalue weighted by Gasteiger charge is 2.13. The Morgan fingerprint density at radius 2 is 1.94 bits per heavy atom. The summed E-state index contributed by atoms with van der Waals surface area (Å²) in [5.74, 6) is -2.60. The Morgan fingerprint density at radius 1 is 1.22 bits per heavy atom. The molecular formula is C11H6BrClF2N2O. The molecule has 0 atom stereocenters. The van der Waals surface area contributed by atoms with E-state index in [0.717, 1.165) is 0 Å². The molecule has 1 aromatic heterocycles. The molecule has 18 heavy (non-hydrogen) atoms. The minimum absolute atomic E-state index is 0.184. The van der Waals surface area contributed by atoms with E-state index < -0.39 is 23.3 Å². The van der Waals surface area contributed by atoms with Crippen LogP contribution in [0, 0.1) is 11.6 Å². The second-order valence-corrected chi connectivity index (χ2v) is 4.64. The summed E-state index contributed by atoms with van der Waals surface area (Å²) in [6.45, 7) is 0. The number of benzene rings is 1. The SMILES string of the molecule is Nc1nc(Oc2cc(Br)ccc2Cl)c(F)cc1F. The van der Waals surface area contributed by atoms with Crippen LogP contribution >= 0.6 is 27.5 Å². The van der Waals surface area contributed by atoms with Gasteiger partial charge in [-0.2, -0.15) is 4.98 Å². The monoisotopic (exact) mass is 334 g/mol. The van der Waals surface area contributed by atoms with Crippen LogP contribution in [0.25, 0.3) is 0 Å². The maximum Gasteiger partial charge on any atom is 0.258 e. The zero-order valence-electron chi connectivity index (χ0n) is 8.75. The quantitative estimate of drug-likeness (QED) is 0.897. The molecule has 0 radical (unpaired) electrons. The van der Waals surface area contributed by atoms with Gasteiger partial charge in [0.05, 0.1) is 5.02 Å². The fraction of sp³-hybridized carbons (Fsp3) is 0. The Balaban J connectivity index is 2.40. The molecule has 1 heterocycles. The van der Waals surface area contributed by atoms with Crippen LogP contribution in [0.4, 0.5) is 14.6 Å². The van der Waals surface area contributed by atoms with Gasteiger partial charge in [-0.1, -0.05) is 27.5 Å². The number of rotatable bonds is 2. The van der Waals surface area contributed by atoms with E-state index in [0.29, 0.717) is 10.5 Å². The predicted octanol–water partition coefficient (Wildman–Crippen LogP) is 4.15. The maximum atomic E-state index is 13.4. The number of nitrogens with two attached hydrogens (primary N) is 1. The molecule has 94 valence electrons. The Labute approximate surface area is 115 Å². The van der Waals surface area contributed by atoms with Crippen LogP contribution in [0.5, 0.6) is 11.6 Å². The number of hydrogen-bond donors (Lipinski definition) is 1. The molecule has 0 fully saturated rings. The van der Waals surface area contributed by atoms with E-state index in [1.54, 1.807) is 12.1 Å². The molecule has 7 heteroatoms. The molecule has 0 amide bonds. The summed E-state index contributed by atoms with van der Waals surface area (Å²) in [5.41, 5.74) is 5.24. The van der Waals surface area contributed by atoms with Crippen LogP contribution in [-0.2, 0) is 0 Å². The number of anilines is 1. The Kier molecular flexibility index (Phi) is 3.68. The van der Waals surface area contributed by atoms with Crippen molar-refractivity contribution in [1.29, 1.82) is 0 Å². The zero-order valence-corrected chi connectivity index (χ0v) is 11.1. The third-order valence-electron chi connectivity index (χ3n) is 2.02. The van der Waals surface area contributed by atoms with Crippen molar-refractivity contribution in [2.45, 2.75) is 0 Å². The Hall–Kier alpha value is -1.40. The van der Waals surface area contributed by atoms with Crippen LogP contribution in [-0.4, -0.2) is 4.98 Å². The minimum atomic E-state index is -0.960. The van der Waals surface area contributed by atoms with E-state index in [4.69, 9.17) is 22.1 Å². The molecule has 2 aromatic rings. The van der Waals surface area contributed by atoms with Crippen LogP contribution in [0.3, 0.4) is 0 Å². The molecule has 2 N–H and O–H groups in total. The second-order valence-electron chi connectivity index (χ2n) is 3.32. The van der Waals surface area contributed by atoms with Crippen LogP contribution in [0.2, 0.25) is 5.02 Å². The van der Waals surface area contributed by atoms with Crippen molar-refractivity contribution < 1.29 is 13.5 Å². The summed E-state index contributed by atoms with van der Waals surface area (Å²) >= 11 is 9.08. The van der Waals surface area contributed by atoms with Gasteiger partial charge in [0.1, 0.15) is 5.75 Å². The van der Waals surface area contributed by atoms with Crippen LogP contribution in [0.1, 0.15) is 0 Å². The van der Waals surface area contributed by atoms with E-state index in [9.17, 15) is 8.78 Å². The van der Waals surface area contributed by atoms with Crippen molar-refractivity contribution in [3.63, 3.8) is 0 Å². The van der Waals surface area contributed by atoms with E-state index in [1.807, 2.05) is 0 Å². The minimum Gasteiger partial charge on any atom is -0.435 e. The molecule has 0 saturated heterocycles. The third kappa shape index (κ3) is 2.70. The normalized spacial score (nSPS) is 10.4. The molecule has 0 aliphatic rings. The van der Waals surface area contributed by atoms with Gasteiger partial charge in [0, 0.05) is 10.5 Å². The molecule has 0 aliphatic heterocycles. The zero-order chi connectivity index (χ0) is 13.3. The number of aromatic nitrogens is 1. The summed E-state index contributed by atoms with van der Waals surface area (Å²) in [4.78, 5) is 3.47. The number of nitrogens with zero attached hydrogens (tertiary/aromatic N) is 1. The largest absolute Gasteiger partial charge is 0.435 e. The predicted molar refractivity (Wildman–Crippen MR) is 67.8 cm³/mol. The summed E-state index contributed by atoms with van der Waals surface area (Å²) < 4.78 is 32.2. The topological polar surface area (TPSA) is 48.1 Å². The number of ether oxygens (including phenoxy) is 1. The van der Waals surface area contributed by atoms with Gasteiger partial charge in [0.25, 0.3) is 5.88 Å². The lowest BCUT2D eigenvalue weighted by molar-refractivity contribution is 0.418. The van der Waals surface area contributed by atoms with Gasteiger partial charge in [-0.15, -0.1) is 0 Å². The second kappa shape index (κ2) is 5.07. The van der Waals surface area contributed by atoms with E-state index in [1.165, 1.54) is 6.07 Å². The molecule has 1 aromatic carbocycles. The fourth-order valence-electron chi connectivity index (χ4n) is 1.19. The van der Waals surface area contributed by atoms with Gasteiger partial charge in [-0.3, -0.25) is 0 Å². The van der Waals surface area contributed by atoms with Gasteiger partial charge in [0.15, 0.2) is 17.5 Å². The lowest BCUT2D eigenvalue weighted by Gasteiger charge is -2.08. The van der Waals surface area contributed by atoms with Gasteiger partial charge < -0.3 is 10.5 Å². The highest BCUT2D eigenvalue weighted by Crippen LogP contribution is 2.32. The molecule has 2 rings (SSSR count). The maximum absolute atomic E-state index is 13.4. The first-order valence-corrected chi connectivity index (χ1v) is 5.89. The number of halogens is 4. The fourth-order valence-corrected chi connectivity index (χ4v) is 1.69. The third-order valence-corrected chi connectivity index (χ3v) is 2.83. The van der Waals surface area contributed by atoms with Gasteiger partial charge in [-0.25, -0.2) is 8.78 Å². The highest BCUT2D eigenvalue weighted by atomic mass is 79.9. The lowest BCUT2D eigenvalue weighted by atomic mass is 10.3. The van der Waals surface area contributed by atoms with Gasteiger partial charge in [0.2, 0.25) is 0 Å². The molecule has 0 bridgehead atoms. The summed E-state index contributed by atoms with van der Waals surface area (Å²) in [5, 5.41) is 0.266. The van der Waals surface area contributed by atoms with Crippen LogP contribution in [0.15, 0.2) is 28.7 Å². The number of nitrogen functional groups attached to an aromatic ring is 1. The van der Waals surface area contributed by atoms with E-state index in [-0.39, 0.29) is 10.8 Å². The van der Waals surface area contributed by atoms with E-state index >= 15 is 0 Å². The van der Waals surface area contributed by atoms with Crippen molar-refractivity contribution in [3.8, 4) is 11.6 Å². The number of pyridine rings is 1. The molecule has 0 spiro atoms. The summed E-state index contributed by atoms with van der Waals surface area (Å²) in [6, 6.07) is 5.39. The lowest BCUT2D eigenvalue weighted by Crippen LogP contribution is -2.00. The number of hydrogen-bond acceptors (Lipinski definition) is 3. The highest BCUT2D eigenvalue weighted by molar-refractivity contribution is 9.10. The van der Waals surface area contributed by atoms with E-state index in [2.05, 4.69) is 20.9 Å². The van der Waals surface area contributed by atoms with Crippen molar-refractivity contribution in [3.05, 3.63) is 45.4 Å². The molecule has 0 saturated carbocycles. The van der Waals surface area contributed by atoms with Crippen molar-refractivity contribution >= 4 is 33.3 Å². The van der Waals surface area contributed by atoms with Crippen molar-refractivity contribution in [2.75, 3.05) is 5.73 Å².